The van der Waals surface area contributed by atoms with Crippen LogP contribution in [-0.2, 0) is 17.6 Å². The predicted molar refractivity (Wildman–Crippen MR) is 61.2 cm³/mol. The molecule has 0 saturated heterocycles. The Balaban J connectivity index is 2.11. The van der Waals surface area contributed by atoms with Crippen molar-refractivity contribution in [1.82, 2.24) is 15.3 Å². The Morgan fingerprint density at radius 3 is 3.00 bits per heavy atom. The molecule has 1 aromatic rings. The van der Waals surface area contributed by atoms with E-state index >= 15 is 0 Å². The van der Waals surface area contributed by atoms with Crippen molar-refractivity contribution in [3.8, 4) is 0 Å². The number of nitrogens with zero attached hydrogens (tertiary/aromatic N) is 2. The van der Waals surface area contributed by atoms with E-state index in [0.29, 0.717) is 0 Å². The second kappa shape index (κ2) is 4.92. The smallest absolute Gasteiger partial charge is 0.239 e. The fraction of sp³-hybridized carbons (Fsp3) is 0.545. The number of hydrogen-bond acceptors (Lipinski definition) is 4. The topological polar surface area (TPSA) is 66.9 Å². The van der Waals surface area contributed by atoms with E-state index in [0.717, 1.165) is 24.4 Å². The summed E-state index contributed by atoms with van der Waals surface area (Å²) < 4.78 is 0. The van der Waals surface area contributed by atoms with Gasteiger partial charge in [0.15, 0.2) is 0 Å². The Kier molecular flexibility index (Phi) is 3.34. The fourth-order valence-corrected chi connectivity index (χ4v) is 1.93. The molecular formula is C11H16N4O. The molecule has 2 N–H and O–H groups in total. The molecule has 86 valence electrons. The Bertz CT molecular complexity index is 392. The van der Waals surface area contributed by atoms with Crippen LogP contribution in [0.1, 0.15) is 24.1 Å². The van der Waals surface area contributed by atoms with Crippen molar-refractivity contribution in [3.05, 3.63) is 17.6 Å². The average molecular weight is 220 g/mol. The zero-order chi connectivity index (χ0) is 11.4. The van der Waals surface area contributed by atoms with Crippen LogP contribution in [0.5, 0.6) is 0 Å². The fourth-order valence-electron chi connectivity index (χ4n) is 1.93. The van der Waals surface area contributed by atoms with E-state index in [1.54, 1.807) is 13.4 Å². The first-order valence-electron chi connectivity index (χ1n) is 5.58. The van der Waals surface area contributed by atoms with Gasteiger partial charge in [-0.15, -0.1) is 0 Å². The number of likely N-dealkylation sites (N-methyl/N-ethyl adjacent to an activating group) is 1. The first kappa shape index (κ1) is 10.9. The quantitative estimate of drug-likeness (QED) is 0.779. The summed E-state index contributed by atoms with van der Waals surface area (Å²) in [5, 5.41) is 5.63. The number of carbonyl (C=O) groups is 1. The van der Waals surface area contributed by atoms with Gasteiger partial charge in [-0.25, -0.2) is 9.97 Å². The van der Waals surface area contributed by atoms with Gasteiger partial charge in [-0.2, -0.15) is 0 Å². The molecule has 0 spiro atoms. The van der Waals surface area contributed by atoms with Gasteiger partial charge in [-0.05, 0) is 25.7 Å². The first-order chi connectivity index (χ1) is 7.81. The summed E-state index contributed by atoms with van der Waals surface area (Å²) >= 11 is 0. The number of nitrogens with one attached hydrogen (secondary N) is 2. The molecule has 1 aromatic heterocycles. The summed E-state index contributed by atoms with van der Waals surface area (Å²) in [6, 6.07) is 0. The van der Waals surface area contributed by atoms with Crippen LogP contribution in [0.15, 0.2) is 6.33 Å². The van der Waals surface area contributed by atoms with E-state index in [-0.39, 0.29) is 12.5 Å². The molecule has 0 aromatic carbocycles. The lowest BCUT2D eigenvalue weighted by Crippen LogP contribution is -2.27. The summed E-state index contributed by atoms with van der Waals surface area (Å²) in [5.74, 6) is 0.775. The van der Waals surface area contributed by atoms with Crippen molar-refractivity contribution in [2.45, 2.75) is 25.7 Å². The predicted octanol–water partition coefficient (Wildman–Crippen LogP) is 0.513. The van der Waals surface area contributed by atoms with Crippen LogP contribution < -0.4 is 10.6 Å². The van der Waals surface area contributed by atoms with E-state index in [1.807, 2.05) is 0 Å². The highest BCUT2D eigenvalue weighted by Gasteiger charge is 2.15. The van der Waals surface area contributed by atoms with E-state index < -0.39 is 0 Å². The second-order valence-corrected chi connectivity index (χ2v) is 3.88. The van der Waals surface area contributed by atoms with Crippen LogP contribution in [-0.4, -0.2) is 29.5 Å². The van der Waals surface area contributed by atoms with Crippen LogP contribution in [0.25, 0.3) is 0 Å². The zero-order valence-electron chi connectivity index (χ0n) is 9.42. The van der Waals surface area contributed by atoms with Crippen molar-refractivity contribution in [2.24, 2.45) is 0 Å². The number of hydrogen-bond donors (Lipinski definition) is 2. The molecule has 0 atom stereocenters. The minimum absolute atomic E-state index is 0.0387. The van der Waals surface area contributed by atoms with Gasteiger partial charge in [-0.3, -0.25) is 4.79 Å². The molecule has 0 bridgehead atoms. The number of aryl methyl sites for hydroxylation is 1. The maximum absolute atomic E-state index is 11.1. The summed E-state index contributed by atoms with van der Waals surface area (Å²) in [6.45, 7) is 0.264. The van der Waals surface area contributed by atoms with Gasteiger partial charge in [0, 0.05) is 18.3 Å². The molecule has 1 aliphatic carbocycles. The van der Waals surface area contributed by atoms with Gasteiger partial charge in [0.1, 0.15) is 12.1 Å². The van der Waals surface area contributed by atoms with Crippen molar-refractivity contribution >= 4 is 11.7 Å². The van der Waals surface area contributed by atoms with Crippen molar-refractivity contribution in [3.63, 3.8) is 0 Å². The maximum Gasteiger partial charge on any atom is 0.239 e. The molecule has 5 heteroatoms. The minimum atomic E-state index is -0.0387. The largest absolute Gasteiger partial charge is 0.361 e. The number of aromatic nitrogens is 2. The first-order valence-corrected chi connectivity index (χ1v) is 5.58. The highest BCUT2D eigenvalue weighted by Crippen LogP contribution is 2.23. The van der Waals surface area contributed by atoms with Gasteiger partial charge in [0.25, 0.3) is 0 Å². The van der Waals surface area contributed by atoms with Crippen LogP contribution in [0.3, 0.4) is 0 Å². The molecule has 0 saturated carbocycles. The van der Waals surface area contributed by atoms with Crippen molar-refractivity contribution < 1.29 is 4.79 Å². The number of anilines is 1. The third kappa shape index (κ3) is 2.29. The number of amides is 1. The van der Waals surface area contributed by atoms with Crippen LogP contribution >= 0.6 is 0 Å². The Morgan fingerprint density at radius 1 is 1.38 bits per heavy atom. The van der Waals surface area contributed by atoms with E-state index in [2.05, 4.69) is 20.6 Å². The van der Waals surface area contributed by atoms with Crippen molar-refractivity contribution in [1.29, 1.82) is 0 Å². The monoisotopic (exact) mass is 220 g/mol. The molecule has 16 heavy (non-hydrogen) atoms. The highest BCUT2D eigenvalue weighted by atomic mass is 16.1. The van der Waals surface area contributed by atoms with Gasteiger partial charge >= 0.3 is 0 Å². The Hall–Kier alpha value is -1.65. The average Bonchev–Trinajstić information content (AvgIpc) is 2.35. The molecule has 0 radical (unpaired) electrons. The Labute approximate surface area is 94.7 Å². The molecule has 0 aliphatic heterocycles. The standard InChI is InChI=1S/C11H16N4O/c1-12-10(16)6-13-11-8-4-2-3-5-9(8)14-7-15-11/h7H,2-6H2,1H3,(H,12,16)(H,13,14,15). The minimum Gasteiger partial charge on any atom is -0.361 e. The van der Waals surface area contributed by atoms with Gasteiger partial charge in [0.05, 0.1) is 6.54 Å². The normalized spacial score (nSPS) is 14.1. The van der Waals surface area contributed by atoms with E-state index in [4.69, 9.17) is 0 Å². The second-order valence-electron chi connectivity index (χ2n) is 3.88. The lowest BCUT2D eigenvalue weighted by molar-refractivity contribution is -0.118. The SMILES string of the molecule is CNC(=O)CNc1ncnc2c1CCCC2. The van der Waals surface area contributed by atoms with Crippen LogP contribution in [0.2, 0.25) is 0 Å². The summed E-state index contributed by atoms with van der Waals surface area (Å²) in [5.41, 5.74) is 2.30. The van der Waals surface area contributed by atoms with Gasteiger partial charge in [0.2, 0.25) is 5.91 Å². The number of fused-ring (bicyclic) bond motifs is 1. The summed E-state index contributed by atoms with van der Waals surface area (Å²) in [7, 11) is 1.62. The summed E-state index contributed by atoms with van der Waals surface area (Å²) in [4.78, 5) is 19.6. The molecule has 1 aliphatic rings. The third-order valence-corrected chi connectivity index (χ3v) is 2.82. The van der Waals surface area contributed by atoms with E-state index in [1.165, 1.54) is 18.4 Å². The highest BCUT2D eigenvalue weighted by molar-refractivity contribution is 5.80. The Morgan fingerprint density at radius 2 is 2.19 bits per heavy atom. The number of rotatable bonds is 3. The zero-order valence-corrected chi connectivity index (χ0v) is 9.42. The molecule has 2 rings (SSSR count). The molecule has 1 heterocycles. The van der Waals surface area contributed by atoms with Gasteiger partial charge < -0.3 is 10.6 Å². The lowest BCUT2D eigenvalue weighted by atomic mass is 9.96. The van der Waals surface area contributed by atoms with E-state index in [9.17, 15) is 4.79 Å². The summed E-state index contributed by atoms with van der Waals surface area (Å²) in [6.07, 6.45) is 5.96. The van der Waals surface area contributed by atoms with Crippen LogP contribution in [0.4, 0.5) is 5.82 Å². The van der Waals surface area contributed by atoms with Crippen molar-refractivity contribution in [2.75, 3.05) is 18.9 Å². The third-order valence-electron chi connectivity index (χ3n) is 2.82. The molecule has 0 unspecified atom stereocenters. The van der Waals surface area contributed by atoms with Crippen LogP contribution in [0, 0.1) is 0 Å². The molecular weight excluding hydrogens is 204 g/mol. The van der Waals surface area contributed by atoms with Gasteiger partial charge in [-0.1, -0.05) is 0 Å². The maximum atomic E-state index is 11.1. The lowest BCUT2D eigenvalue weighted by Gasteiger charge is -2.17. The number of carbonyl (C=O) groups excluding carboxylic acids is 1. The molecule has 0 fully saturated rings. The molecule has 5 nitrogen and oxygen atoms in total. The molecule has 1 amide bonds.